The molecule has 1 aliphatic carbocycles. The van der Waals surface area contributed by atoms with Gasteiger partial charge >= 0.3 is 6.18 Å². The van der Waals surface area contributed by atoms with Gasteiger partial charge in [0.05, 0.1) is 34.6 Å². The lowest BCUT2D eigenvalue weighted by Gasteiger charge is -2.23. The molecule has 10 nitrogen and oxygen atoms in total. The van der Waals surface area contributed by atoms with Gasteiger partial charge in [0.25, 0.3) is 0 Å². The summed E-state index contributed by atoms with van der Waals surface area (Å²) in [6.07, 6.45) is -0.430. The summed E-state index contributed by atoms with van der Waals surface area (Å²) in [7, 11) is 0. The Morgan fingerprint density at radius 3 is 2.37 bits per heavy atom. The number of hydrogen-bond acceptors (Lipinski definition) is 9. The van der Waals surface area contributed by atoms with E-state index < -0.39 is 17.8 Å². The highest BCUT2D eigenvalue weighted by molar-refractivity contribution is 5.99. The van der Waals surface area contributed by atoms with Crippen LogP contribution in [0.4, 0.5) is 24.5 Å². The minimum Gasteiger partial charge on any atom is -0.383 e. The van der Waals surface area contributed by atoms with E-state index in [1.807, 2.05) is 32.9 Å². The molecule has 230 valence electrons. The van der Waals surface area contributed by atoms with Gasteiger partial charge in [-0.15, -0.1) is 5.10 Å². The zero-order valence-corrected chi connectivity index (χ0v) is 25.1. The quantitative estimate of drug-likeness (QED) is 0.202. The highest BCUT2D eigenvalue weighted by atomic mass is 19.4. The van der Waals surface area contributed by atoms with E-state index in [2.05, 4.69) is 43.1 Å². The number of nitrogens with one attached hydrogen (secondary N) is 2. The number of hydrogen-bond donors (Lipinski definition) is 2. The number of nitriles is 3. The van der Waals surface area contributed by atoms with Crippen LogP contribution in [0, 0.1) is 39.4 Å². The van der Waals surface area contributed by atoms with Gasteiger partial charge in [0.2, 0.25) is 0 Å². The van der Waals surface area contributed by atoms with Crippen LogP contribution in [-0.4, -0.2) is 37.7 Å². The highest BCUT2D eigenvalue weighted by Gasteiger charge is 2.66. The van der Waals surface area contributed by atoms with Crippen LogP contribution < -0.4 is 10.6 Å². The van der Waals surface area contributed by atoms with Gasteiger partial charge in [-0.2, -0.15) is 29.0 Å². The fourth-order valence-corrected chi connectivity index (χ4v) is 5.46. The van der Waals surface area contributed by atoms with Crippen LogP contribution in [0.2, 0.25) is 0 Å². The Morgan fingerprint density at radius 2 is 1.72 bits per heavy atom. The Hall–Kier alpha value is -5.74. The smallest absolute Gasteiger partial charge is 0.383 e. The Bertz CT molecular complexity index is 2120. The molecule has 13 heteroatoms. The number of rotatable bonds is 7. The molecule has 1 saturated carbocycles. The monoisotopic (exact) mass is 620 g/mol. The Kier molecular flexibility index (Phi) is 7.25. The molecule has 1 fully saturated rings. The lowest BCUT2D eigenvalue weighted by Crippen LogP contribution is -2.35. The summed E-state index contributed by atoms with van der Waals surface area (Å²) >= 11 is 0. The van der Waals surface area contributed by atoms with Gasteiger partial charge in [-0.1, -0.05) is 44.2 Å². The van der Waals surface area contributed by atoms with Crippen LogP contribution in [0.15, 0.2) is 55.0 Å². The van der Waals surface area contributed by atoms with Crippen molar-refractivity contribution in [2.24, 2.45) is 5.41 Å². The van der Waals surface area contributed by atoms with Gasteiger partial charge < -0.3 is 10.6 Å². The van der Waals surface area contributed by atoms with E-state index >= 15 is 0 Å². The van der Waals surface area contributed by atoms with E-state index in [1.165, 1.54) is 12.4 Å². The summed E-state index contributed by atoms with van der Waals surface area (Å²) in [5, 5.41) is 46.3. The molecule has 0 radical (unpaired) electrons. The second-order valence-corrected chi connectivity index (χ2v) is 12.5. The lowest BCUT2D eigenvalue weighted by atomic mass is 9.95. The largest absolute Gasteiger partial charge is 0.413 e. The van der Waals surface area contributed by atoms with E-state index in [4.69, 9.17) is 0 Å². The number of nitrogens with zero attached hydrogens (tertiary/aromatic N) is 8. The number of alkyl halides is 3. The molecule has 1 aliphatic rings. The predicted molar refractivity (Wildman–Crippen MR) is 164 cm³/mol. The van der Waals surface area contributed by atoms with E-state index in [0.29, 0.717) is 50.7 Å². The summed E-state index contributed by atoms with van der Waals surface area (Å²) in [5.74, 6) is 0. The SMILES string of the molecule is CC(C)(C)CNc1c(C#N)cnc2c(C#N)cc(NC(c3cn(C4(C(F)(F)F)CC4)nn3)c3cccc4cnc(C#N)cc34)cc12. The first-order valence-electron chi connectivity index (χ1n) is 14.4. The number of benzene rings is 2. The third kappa shape index (κ3) is 5.39. The molecule has 6 rings (SSSR count). The van der Waals surface area contributed by atoms with Crippen molar-refractivity contribution in [2.75, 3.05) is 17.2 Å². The molecule has 0 saturated heterocycles. The minimum absolute atomic E-state index is 0.0996. The number of anilines is 2. The van der Waals surface area contributed by atoms with Gasteiger partial charge in [0.1, 0.15) is 29.6 Å². The molecule has 0 aliphatic heterocycles. The van der Waals surface area contributed by atoms with Crippen molar-refractivity contribution in [1.82, 2.24) is 25.0 Å². The topological polar surface area (TPSA) is 152 Å². The Balaban J connectivity index is 1.53. The van der Waals surface area contributed by atoms with Crippen LogP contribution in [0.5, 0.6) is 0 Å². The third-order valence-electron chi connectivity index (χ3n) is 8.04. The van der Waals surface area contributed by atoms with Crippen LogP contribution in [0.25, 0.3) is 21.7 Å². The molecule has 1 unspecified atom stereocenters. The average molecular weight is 621 g/mol. The third-order valence-corrected chi connectivity index (χ3v) is 8.04. The van der Waals surface area contributed by atoms with Crippen molar-refractivity contribution >= 4 is 33.1 Å². The van der Waals surface area contributed by atoms with Crippen LogP contribution in [0.3, 0.4) is 0 Å². The minimum atomic E-state index is -4.50. The maximum atomic E-state index is 14.0. The molecule has 0 spiro atoms. The molecular formula is C33H27F3N10. The molecule has 0 bridgehead atoms. The average Bonchev–Trinajstić information content (AvgIpc) is 3.72. The maximum absolute atomic E-state index is 14.0. The lowest BCUT2D eigenvalue weighted by molar-refractivity contribution is -0.182. The first-order valence-corrected chi connectivity index (χ1v) is 14.4. The molecule has 3 aromatic heterocycles. The fraction of sp³-hybridized carbons (Fsp3) is 0.303. The van der Waals surface area contributed by atoms with Gasteiger partial charge in [-0.25, -0.2) is 9.67 Å². The van der Waals surface area contributed by atoms with Crippen molar-refractivity contribution in [3.05, 3.63) is 83.1 Å². The Labute approximate surface area is 262 Å². The first kappa shape index (κ1) is 30.3. The molecule has 2 aromatic carbocycles. The van der Waals surface area contributed by atoms with Crippen molar-refractivity contribution < 1.29 is 13.2 Å². The number of fused-ring (bicyclic) bond motifs is 2. The summed E-state index contributed by atoms with van der Waals surface area (Å²) in [6.45, 7) is 6.66. The number of halogens is 3. The first-order chi connectivity index (χ1) is 21.9. The highest BCUT2D eigenvalue weighted by Crippen LogP contribution is 2.55. The molecule has 5 aromatic rings. The van der Waals surface area contributed by atoms with Crippen LogP contribution in [0.1, 0.15) is 67.7 Å². The Morgan fingerprint density at radius 1 is 0.957 bits per heavy atom. The summed E-state index contributed by atoms with van der Waals surface area (Å²) in [6, 6.07) is 15.9. The molecule has 3 heterocycles. The predicted octanol–water partition coefficient (Wildman–Crippen LogP) is 6.70. The van der Waals surface area contributed by atoms with E-state index in [-0.39, 0.29) is 35.2 Å². The molecular weight excluding hydrogens is 593 g/mol. The number of aromatic nitrogens is 5. The van der Waals surface area contributed by atoms with Crippen molar-refractivity contribution in [3.8, 4) is 18.2 Å². The molecule has 1 atom stereocenters. The van der Waals surface area contributed by atoms with E-state index in [0.717, 1.165) is 4.68 Å². The van der Waals surface area contributed by atoms with Gasteiger partial charge in [0.15, 0.2) is 5.54 Å². The summed E-state index contributed by atoms with van der Waals surface area (Å²) < 4.78 is 42.9. The van der Waals surface area contributed by atoms with Gasteiger partial charge in [-0.3, -0.25) is 4.98 Å². The molecule has 46 heavy (non-hydrogen) atoms. The summed E-state index contributed by atoms with van der Waals surface area (Å²) in [4.78, 5) is 8.56. The molecule has 0 amide bonds. The van der Waals surface area contributed by atoms with Crippen molar-refractivity contribution in [1.29, 1.82) is 15.8 Å². The van der Waals surface area contributed by atoms with Crippen molar-refractivity contribution in [2.45, 2.75) is 51.4 Å². The van der Waals surface area contributed by atoms with Crippen molar-refractivity contribution in [3.63, 3.8) is 0 Å². The normalized spacial score (nSPS) is 14.7. The van der Waals surface area contributed by atoms with Gasteiger partial charge in [-0.05, 0) is 47.4 Å². The summed E-state index contributed by atoms with van der Waals surface area (Å²) in [5.41, 5.74) is 0.597. The molecule has 2 N–H and O–H groups in total. The van der Waals surface area contributed by atoms with E-state index in [1.54, 1.807) is 36.5 Å². The maximum Gasteiger partial charge on any atom is 0.413 e. The number of pyridine rings is 2. The van der Waals surface area contributed by atoms with Gasteiger partial charge in [0, 0.05) is 35.4 Å². The second-order valence-electron chi connectivity index (χ2n) is 12.5. The second kappa shape index (κ2) is 11.0. The van der Waals surface area contributed by atoms with E-state index in [9.17, 15) is 29.0 Å². The standard InChI is InChI=1S/C33H27F3N10/c1-31(2,3)18-42-29-21(13-38)16-41-28-20(12-37)9-22(10-26(28)29)43-30(24-6-4-5-19-15-40-23(14-39)11-25(19)24)27-17-46(45-44-27)32(7-8-32)33(34,35)36/h4-6,9-11,15-17,30,43H,7-8,18H2,1-3H3,(H,41,42). The van der Waals surface area contributed by atoms with Crippen LogP contribution >= 0.6 is 0 Å². The zero-order valence-electron chi connectivity index (χ0n) is 25.1. The zero-order chi connectivity index (χ0) is 32.9. The van der Waals surface area contributed by atoms with Crippen LogP contribution in [-0.2, 0) is 5.54 Å². The fourth-order valence-electron chi connectivity index (χ4n) is 5.46.